The van der Waals surface area contributed by atoms with E-state index in [0.29, 0.717) is 24.3 Å². The molecule has 1 fully saturated rings. The molecule has 0 unspecified atom stereocenters. The SMILES string of the molecule is CCCCNC(=O)c1ccc(N2CCCCS2(=O)=O)c(C)c1. The Morgan fingerprint density at radius 1 is 1.32 bits per heavy atom. The lowest BCUT2D eigenvalue weighted by Crippen LogP contribution is -2.38. The van der Waals surface area contributed by atoms with Gasteiger partial charge in [-0.25, -0.2) is 8.42 Å². The van der Waals surface area contributed by atoms with Gasteiger partial charge in [0.2, 0.25) is 10.0 Å². The Kier molecular flexibility index (Phi) is 5.45. The van der Waals surface area contributed by atoms with Crippen LogP contribution < -0.4 is 9.62 Å². The number of amides is 1. The normalized spacial score (nSPS) is 17.3. The quantitative estimate of drug-likeness (QED) is 0.846. The highest BCUT2D eigenvalue weighted by Crippen LogP contribution is 2.27. The molecule has 1 aliphatic rings. The van der Waals surface area contributed by atoms with Gasteiger partial charge in [0, 0.05) is 18.7 Å². The molecular weight excluding hydrogens is 300 g/mol. The molecule has 0 bridgehead atoms. The standard InChI is InChI=1S/C16H24N2O3S/c1-3-4-9-17-16(19)14-7-8-15(13(2)12-14)18-10-5-6-11-22(18,20)21/h7-8,12H,3-6,9-11H2,1-2H3,(H,17,19). The Morgan fingerprint density at radius 2 is 2.09 bits per heavy atom. The van der Waals surface area contributed by atoms with Crippen LogP contribution in [0.2, 0.25) is 0 Å². The van der Waals surface area contributed by atoms with Gasteiger partial charge in [-0.3, -0.25) is 9.10 Å². The van der Waals surface area contributed by atoms with Crippen LogP contribution in [-0.2, 0) is 10.0 Å². The lowest BCUT2D eigenvalue weighted by Gasteiger charge is -2.29. The monoisotopic (exact) mass is 324 g/mol. The van der Waals surface area contributed by atoms with Gasteiger partial charge in [-0.05, 0) is 49.9 Å². The predicted octanol–water partition coefficient (Wildman–Crippen LogP) is 2.45. The van der Waals surface area contributed by atoms with E-state index in [1.165, 1.54) is 4.31 Å². The molecule has 0 spiro atoms. The minimum atomic E-state index is -3.22. The van der Waals surface area contributed by atoms with Crippen molar-refractivity contribution in [3.8, 4) is 0 Å². The molecule has 2 rings (SSSR count). The fraction of sp³-hybridized carbons (Fsp3) is 0.562. The van der Waals surface area contributed by atoms with Gasteiger partial charge in [0.15, 0.2) is 0 Å². The third kappa shape index (κ3) is 3.80. The first-order valence-electron chi connectivity index (χ1n) is 7.85. The highest BCUT2D eigenvalue weighted by atomic mass is 32.2. The van der Waals surface area contributed by atoms with Gasteiger partial charge in [-0.1, -0.05) is 13.3 Å². The smallest absolute Gasteiger partial charge is 0.251 e. The summed E-state index contributed by atoms with van der Waals surface area (Å²) < 4.78 is 25.8. The van der Waals surface area contributed by atoms with Gasteiger partial charge in [0.1, 0.15) is 0 Å². The van der Waals surface area contributed by atoms with Crippen molar-refractivity contribution >= 4 is 21.6 Å². The summed E-state index contributed by atoms with van der Waals surface area (Å²) in [7, 11) is -3.22. The van der Waals surface area contributed by atoms with Crippen molar-refractivity contribution in [1.82, 2.24) is 5.32 Å². The minimum absolute atomic E-state index is 0.107. The molecule has 0 atom stereocenters. The zero-order valence-electron chi connectivity index (χ0n) is 13.3. The van der Waals surface area contributed by atoms with Crippen molar-refractivity contribution in [3.63, 3.8) is 0 Å². The summed E-state index contributed by atoms with van der Waals surface area (Å²) >= 11 is 0. The van der Waals surface area contributed by atoms with Gasteiger partial charge in [0.05, 0.1) is 11.4 Å². The third-order valence-electron chi connectivity index (χ3n) is 3.89. The summed E-state index contributed by atoms with van der Waals surface area (Å²) in [5, 5.41) is 2.87. The zero-order chi connectivity index (χ0) is 16.2. The van der Waals surface area contributed by atoms with Crippen LogP contribution in [-0.4, -0.2) is 33.2 Å². The summed E-state index contributed by atoms with van der Waals surface area (Å²) in [4.78, 5) is 12.0. The summed E-state index contributed by atoms with van der Waals surface area (Å²) in [6, 6.07) is 5.21. The number of anilines is 1. The lowest BCUT2D eigenvalue weighted by molar-refractivity contribution is 0.0953. The Labute approximate surface area is 132 Å². The molecule has 5 nitrogen and oxygen atoms in total. The molecule has 1 aromatic rings. The summed E-state index contributed by atoms with van der Waals surface area (Å²) in [6.07, 6.45) is 3.58. The molecular formula is C16H24N2O3S. The van der Waals surface area contributed by atoms with Gasteiger partial charge < -0.3 is 5.32 Å². The number of carbonyl (C=O) groups is 1. The van der Waals surface area contributed by atoms with Gasteiger partial charge in [-0.2, -0.15) is 0 Å². The molecule has 0 radical (unpaired) electrons. The highest BCUT2D eigenvalue weighted by molar-refractivity contribution is 7.92. The van der Waals surface area contributed by atoms with E-state index in [1.807, 2.05) is 6.92 Å². The number of sulfonamides is 1. The molecule has 1 N–H and O–H groups in total. The van der Waals surface area contributed by atoms with Crippen LogP contribution in [0.1, 0.15) is 48.5 Å². The number of rotatable bonds is 5. The summed E-state index contributed by atoms with van der Waals surface area (Å²) in [5.74, 6) is 0.0932. The minimum Gasteiger partial charge on any atom is -0.352 e. The fourth-order valence-electron chi connectivity index (χ4n) is 2.62. The molecule has 6 heteroatoms. The second kappa shape index (κ2) is 7.13. The van der Waals surface area contributed by atoms with E-state index < -0.39 is 10.0 Å². The molecule has 0 aliphatic carbocycles. The first-order valence-corrected chi connectivity index (χ1v) is 9.46. The van der Waals surface area contributed by atoms with Crippen LogP contribution in [0.5, 0.6) is 0 Å². The molecule has 1 amide bonds. The Hall–Kier alpha value is -1.56. The van der Waals surface area contributed by atoms with Crippen molar-refractivity contribution in [2.24, 2.45) is 0 Å². The number of unbranched alkanes of at least 4 members (excludes halogenated alkanes) is 1. The van der Waals surface area contributed by atoms with Crippen LogP contribution >= 0.6 is 0 Å². The van der Waals surface area contributed by atoms with Crippen molar-refractivity contribution in [2.75, 3.05) is 23.1 Å². The van der Waals surface area contributed by atoms with Crippen LogP contribution in [0.15, 0.2) is 18.2 Å². The Bertz CT molecular complexity index is 641. The molecule has 22 heavy (non-hydrogen) atoms. The largest absolute Gasteiger partial charge is 0.352 e. The maximum absolute atomic E-state index is 12.2. The van der Waals surface area contributed by atoms with E-state index >= 15 is 0 Å². The first kappa shape index (κ1) is 16.8. The van der Waals surface area contributed by atoms with Crippen LogP contribution in [0, 0.1) is 6.92 Å². The predicted molar refractivity (Wildman–Crippen MR) is 88.8 cm³/mol. The molecule has 1 saturated heterocycles. The third-order valence-corrected chi connectivity index (χ3v) is 5.75. The molecule has 0 saturated carbocycles. The maximum atomic E-state index is 12.2. The van der Waals surface area contributed by atoms with Crippen molar-refractivity contribution < 1.29 is 13.2 Å². The van der Waals surface area contributed by atoms with Gasteiger partial charge >= 0.3 is 0 Å². The average Bonchev–Trinajstić information content (AvgIpc) is 2.47. The number of aryl methyl sites for hydroxylation is 1. The second-order valence-corrected chi connectivity index (χ2v) is 7.72. The lowest BCUT2D eigenvalue weighted by atomic mass is 10.1. The summed E-state index contributed by atoms with van der Waals surface area (Å²) in [6.45, 7) is 5.11. The van der Waals surface area contributed by atoms with Crippen LogP contribution in [0.25, 0.3) is 0 Å². The molecule has 1 aromatic carbocycles. The van der Waals surface area contributed by atoms with Crippen LogP contribution in [0.4, 0.5) is 5.69 Å². The number of hydrogen-bond acceptors (Lipinski definition) is 3. The van der Waals surface area contributed by atoms with Crippen molar-refractivity contribution in [3.05, 3.63) is 29.3 Å². The Morgan fingerprint density at radius 3 is 2.73 bits per heavy atom. The number of nitrogens with one attached hydrogen (secondary N) is 1. The molecule has 0 aromatic heterocycles. The number of benzene rings is 1. The average molecular weight is 324 g/mol. The van der Waals surface area contributed by atoms with Crippen LogP contribution in [0.3, 0.4) is 0 Å². The number of nitrogens with zero attached hydrogens (tertiary/aromatic N) is 1. The summed E-state index contributed by atoms with van der Waals surface area (Å²) in [5.41, 5.74) is 2.07. The number of carbonyl (C=O) groups excluding carboxylic acids is 1. The van der Waals surface area contributed by atoms with E-state index in [0.717, 1.165) is 31.2 Å². The highest BCUT2D eigenvalue weighted by Gasteiger charge is 2.27. The van der Waals surface area contributed by atoms with Crippen molar-refractivity contribution in [1.29, 1.82) is 0 Å². The van der Waals surface area contributed by atoms with E-state index in [9.17, 15) is 13.2 Å². The number of hydrogen-bond donors (Lipinski definition) is 1. The molecule has 122 valence electrons. The van der Waals surface area contributed by atoms with Gasteiger partial charge in [-0.15, -0.1) is 0 Å². The van der Waals surface area contributed by atoms with Crippen molar-refractivity contribution in [2.45, 2.75) is 39.5 Å². The van der Waals surface area contributed by atoms with E-state index in [-0.39, 0.29) is 11.7 Å². The van der Waals surface area contributed by atoms with E-state index in [2.05, 4.69) is 12.2 Å². The zero-order valence-corrected chi connectivity index (χ0v) is 14.1. The molecule has 1 aliphatic heterocycles. The van der Waals surface area contributed by atoms with Gasteiger partial charge in [0.25, 0.3) is 5.91 Å². The molecule has 1 heterocycles. The topological polar surface area (TPSA) is 66.5 Å². The van der Waals surface area contributed by atoms with E-state index in [4.69, 9.17) is 0 Å². The maximum Gasteiger partial charge on any atom is 0.251 e. The first-order chi connectivity index (χ1) is 10.5. The fourth-order valence-corrected chi connectivity index (χ4v) is 4.32. The Balaban J connectivity index is 2.17. The van der Waals surface area contributed by atoms with E-state index in [1.54, 1.807) is 18.2 Å². The second-order valence-electron chi connectivity index (χ2n) is 5.71.